The van der Waals surface area contributed by atoms with Gasteiger partial charge >= 0.3 is 5.97 Å². The summed E-state index contributed by atoms with van der Waals surface area (Å²) in [5, 5.41) is 0.562. The van der Waals surface area contributed by atoms with Crippen LogP contribution in [-0.2, 0) is 9.53 Å². The van der Waals surface area contributed by atoms with Crippen LogP contribution in [0.2, 0.25) is 5.02 Å². The van der Waals surface area contributed by atoms with Crippen LogP contribution in [0.5, 0.6) is 11.5 Å². The van der Waals surface area contributed by atoms with E-state index in [2.05, 4.69) is 0 Å². The first-order chi connectivity index (χ1) is 12.1. The van der Waals surface area contributed by atoms with Crippen LogP contribution in [0, 0.1) is 0 Å². The van der Waals surface area contributed by atoms with Gasteiger partial charge in [-0.25, -0.2) is 0 Å². The highest BCUT2D eigenvalue weighted by molar-refractivity contribution is 6.30. The van der Waals surface area contributed by atoms with Crippen LogP contribution >= 0.6 is 11.6 Å². The van der Waals surface area contributed by atoms with E-state index in [-0.39, 0.29) is 31.3 Å². The van der Waals surface area contributed by atoms with Crippen molar-refractivity contribution >= 4 is 23.4 Å². The Morgan fingerprint density at radius 1 is 1.04 bits per heavy atom. The molecule has 0 unspecified atom stereocenters. The van der Waals surface area contributed by atoms with E-state index in [1.807, 2.05) is 18.2 Å². The van der Waals surface area contributed by atoms with Gasteiger partial charge in [0.05, 0.1) is 6.42 Å². The van der Waals surface area contributed by atoms with Crippen molar-refractivity contribution in [2.75, 3.05) is 13.2 Å². The molecule has 0 fully saturated rings. The van der Waals surface area contributed by atoms with Crippen LogP contribution < -0.4 is 9.47 Å². The third kappa shape index (κ3) is 4.73. The number of benzene rings is 2. The first-order valence-electron chi connectivity index (χ1n) is 7.94. The standard InChI is InChI=1S/C19H17ClO5/c20-14-7-5-13(6-8-14)16(21)9-10-19(22)24-12-15-11-23-17-3-1-2-4-18(17)25-15/h1-8,15H,9-12H2/t15-/m0/s1. The van der Waals surface area contributed by atoms with Gasteiger partial charge in [0.25, 0.3) is 0 Å². The molecule has 0 saturated heterocycles. The van der Waals surface area contributed by atoms with Crippen molar-refractivity contribution in [2.45, 2.75) is 18.9 Å². The van der Waals surface area contributed by atoms with E-state index in [1.54, 1.807) is 30.3 Å². The minimum absolute atomic E-state index is 0.0195. The van der Waals surface area contributed by atoms with Crippen molar-refractivity contribution in [2.24, 2.45) is 0 Å². The lowest BCUT2D eigenvalue weighted by Crippen LogP contribution is -2.34. The van der Waals surface area contributed by atoms with E-state index in [1.165, 1.54) is 0 Å². The summed E-state index contributed by atoms with van der Waals surface area (Å²) in [6.45, 7) is 0.399. The average molecular weight is 361 g/mol. The second-order valence-electron chi connectivity index (χ2n) is 5.61. The van der Waals surface area contributed by atoms with Gasteiger partial charge in [0, 0.05) is 17.0 Å². The number of carbonyl (C=O) groups is 2. The molecular formula is C19H17ClO5. The normalized spacial score (nSPS) is 15.5. The highest BCUT2D eigenvalue weighted by Crippen LogP contribution is 2.30. The van der Waals surface area contributed by atoms with Crippen molar-refractivity contribution in [3.63, 3.8) is 0 Å². The topological polar surface area (TPSA) is 61.8 Å². The van der Waals surface area contributed by atoms with Crippen molar-refractivity contribution in [3.8, 4) is 11.5 Å². The molecular weight excluding hydrogens is 344 g/mol. The van der Waals surface area contributed by atoms with E-state index in [4.69, 9.17) is 25.8 Å². The molecule has 5 nitrogen and oxygen atoms in total. The zero-order valence-electron chi connectivity index (χ0n) is 13.4. The van der Waals surface area contributed by atoms with Gasteiger partial charge in [-0.15, -0.1) is 0 Å². The Balaban J connectivity index is 1.41. The molecule has 1 aliphatic heterocycles. The monoisotopic (exact) mass is 360 g/mol. The van der Waals surface area contributed by atoms with Crippen LogP contribution in [-0.4, -0.2) is 31.1 Å². The maximum absolute atomic E-state index is 12.0. The molecule has 0 aliphatic carbocycles. The van der Waals surface area contributed by atoms with Crippen LogP contribution in [0.4, 0.5) is 0 Å². The van der Waals surface area contributed by atoms with Gasteiger partial charge in [-0.2, -0.15) is 0 Å². The number of halogens is 1. The summed E-state index contributed by atoms with van der Waals surface area (Å²) in [5.41, 5.74) is 0.526. The third-order valence-electron chi connectivity index (χ3n) is 3.72. The lowest BCUT2D eigenvalue weighted by atomic mass is 10.1. The van der Waals surface area contributed by atoms with Crippen LogP contribution in [0.25, 0.3) is 0 Å². The predicted octanol–water partition coefficient (Wildman–Crippen LogP) is 3.69. The second-order valence-corrected chi connectivity index (χ2v) is 6.05. The minimum Gasteiger partial charge on any atom is -0.486 e. The van der Waals surface area contributed by atoms with E-state index in [0.717, 1.165) is 0 Å². The fourth-order valence-corrected chi connectivity index (χ4v) is 2.52. The van der Waals surface area contributed by atoms with Crippen molar-refractivity contribution in [1.82, 2.24) is 0 Å². The molecule has 2 aromatic rings. The summed E-state index contributed by atoms with van der Waals surface area (Å²) in [6, 6.07) is 13.9. The molecule has 2 aromatic carbocycles. The minimum atomic E-state index is -0.440. The van der Waals surface area contributed by atoms with Gasteiger partial charge in [-0.3, -0.25) is 9.59 Å². The highest BCUT2D eigenvalue weighted by atomic mass is 35.5. The first-order valence-corrected chi connectivity index (χ1v) is 8.32. The number of rotatable bonds is 6. The Morgan fingerprint density at radius 3 is 2.52 bits per heavy atom. The van der Waals surface area contributed by atoms with Crippen LogP contribution in [0.1, 0.15) is 23.2 Å². The molecule has 0 bridgehead atoms. The van der Waals surface area contributed by atoms with Gasteiger partial charge in [0.15, 0.2) is 23.4 Å². The van der Waals surface area contributed by atoms with Gasteiger partial charge in [0.1, 0.15) is 13.2 Å². The molecule has 25 heavy (non-hydrogen) atoms. The summed E-state index contributed by atoms with van der Waals surface area (Å²) in [6.07, 6.45) is -0.248. The van der Waals surface area contributed by atoms with E-state index >= 15 is 0 Å². The number of para-hydroxylation sites is 2. The smallest absolute Gasteiger partial charge is 0.306 e. The lowest BCUT2D eigenvalue weighted by molar-refractivity contribution is -0.146. The summed E-state index contributed by atoms with van der Waals surface area (Å²) in [4.78, 5) is 23.8. The van der Waals surface area contributed by atoms with Gasteiger partial charge < -0.3 is 14.2 Å². The summed E-state index contributed by atoms with van der Waals surface area (Å²) in [7, 11) is 0. The molecule has 0 saturated carbocycles. The Kier molecular flexibility index (Phi) is 5.56. The van der Waals surface area contributed by atoms with E-state index in [9.17, 15) is 9.59 Å². The number of hydrogen-bond acceptors (Lipinski definition) is 5. The lowest BCUT2D eigenvalue weighted by Gasteiger charge is -2.26. The number of ether oxygens (including phenoxy) is 3. The molecule has 3 rings (SSSR count). The molecule has 0 amide bonds. The Hall–Kier alpha value is -2.53. The fraction of sp³-hybridized carbons (Fsp3) is 0.263. The largest absolute Gasteiger partial charge is 0.486 e. The maximum Gasteiger partial charge on any atom is 0.306 e. The molecule has 0 aromatic heterocycles. The molecule has 6 heteroatoms. The summed E-state index contributed by atoms with van der Waals surface area (Å²) < 4.78 is 16.4. The fourth-order valence-electron chi connectivity index (χ4n) is 2.40. The molecule has 1 heterocycles. The molecule has 130 valence electrons. The third-order valence-corrected chi connectivity index (χ3v) is 3.97. The maximum atomic E-state index is 12.0. The number of esters is 1. The Morgan fingerprint density at radius 2 is 1.76 bits per heavy atom. The summed E-state index contributed by atoms with van der Waals surface area (Å²) in [5.74, 6) is 0.746. The average Bonchev–Trinajstić information content (AvgIpc) is 2.65. The first kappa shape index (κ1) is 17.3. The van der Waals surface area contributed by atoms with Crippen LogP contribution in [0.15, 0.2) is 48.5 Å². The molecule has 1 aliphatic rings. The predicted molar refractivity (Wildman–Crippen MR) is 92.3 cm³/mol. The van der Waals surface area contributed by atoms with Crippen molar-refractivity contribution < 1.29 is 23.8 Å². The number of carbonyl (C=O) groups excluding carboxylic acids is 2. The summed E-state index contributed by atoms with van der Waals surface area (Å²) >= 11 is 5.78. The quantitative estimate of drug-likeness (QED) is 0.580. The zero-order valence-corrected chi connectivity index (χ0v) is 14.2. The Labute approximate surface area is 150 Å². The van der Waals surface area contributed by atoms with Crippen molar-refractivity contribution in [1.29, 1.82) is 0 Å². The second kappa shape index (κ2) is 8.03. The van der Waals surface area contributed by atoms with Gasteiger partial charge in [0.2, 0.25) is 0 Å². The molecule has 1 atom stereocenters. The number of hydrogen-bond donors (Lipinski definition) is 0. The SMILES string of the molecule is O=C(CCC(=O)c1ccc(Cl)cc1)OC[C@@H]1COc2ccccc2O1. The van der Waals surface area contributed by atoms with Crippen LogP contribution in [0.3, 0.4) is 0 Å². The van der Waals surface area contributed by atoms with E-state index in [0.29, 0.717) is 28.7 Å². The molecule has 0 spiro atoms. The van der Waals surface area contributed by atoms with E-state index < -0.39 is 5.97 Å². The van der Waals surface area contributed by atoms with Crippen molar-refractivity contribution in [3.05, 3.63) is 59.1 Å². The molecule has 0 radical (unpaired) electrons. The number of fused-ring (bicyclic) bond motifs is 1. The zero-order chi connectivity index (χ0) is 17.6. The molecule has 0 N–H and O–H groups in total. The Bertz CT molecular complexity index is 757. The van der Waals surface area contributed by atoms with Gasteiger partial charge in [-0.1, -0.05) is 23.7 Å². The number of Topliss-reactive ketones (excluding diaryl/α,β-unsaturated/α-hetero) is 1. The number of ketones is 1. The van der Waals surface area contributed by atoms with Gasteiger partial charge in [-0.05, 0) is 36.4 Å². The highest BCUT2D eigenvalue weighted by Gasteiger charge is 2.22.